The molecule has 0 heterocycles. The Hall–Kier alpha value is -3.60. The monoisotopic (exact) mass is 405 g/mol. The number of nitriles is 2. The topological polar surface area (TPSA) is 118 Å². The van der Waals surface area contributed by atoms with E-state index in [0.717, 1.165) is 19.1 Å². The van der Waals surface area contributed by atoms with Crippen LogP contribution in [-0.4, -0.2) is 28.4 Å². The Balaban J connectivity index is 2.19. The van der Waals surface area contributed by atoms with Crippen LogP contribution in [0.15, 0.2) is 42.5 Å². The quantitative estimate of drug-likeness (QED) is 0.583. The van der Waals surface area contributed by atoms with Crippen molar-refractivity contribution in [2.24, 2.45) is 0 Å². The molecule has 1 atom stereocenters. The molecular weight excluding hydrogens is 391 g/mol. The molecule has 2 N–H and O–H groups in total. The van der Waals surface area contributed by atoms with Gasteiger partial charge >= 0.3 is 6.18 Å². The first-order valence-electron chi connectivity index (χ1n) is 7.99. The molecule has 2 aromatic rings. The minimum absolute atomic E-state index is 0.140. The second-order valence-corrected chi connectivity index (χ2v) is 6.16. The van der Waals surface area contributed by atoms with Crippen molar-refractivity contribution in [1.29, 1.82) is 10.5 Å². The molecule has 29 heavy (non-hydrogen) atoms. The maximum absolute atomic E-state index is 13.1. The van der Waals surface area contributed by atoms with E-state index < -0.39 is 41.1 Å². The van der Waals surface area contributed by atoms with Gasteiger partial charge in [0.05, 0.1) is 34.5 Å². The van der Waals surface area contributed by atoms with Crippen LogP contribution in [0, 0.1) is 22.7 Å². The normalized spacial score (nSPS) is 13.0. The highest BCUT2D eigenvalue weighted by Gasteiger charge is 2.38. The highest BCUT2D eigenvalue weighted by molar-refractivity contribution is 5.97. The molecule has 2 aromatic carbocycles. The van der Waals surface area contributed by atoms with E-state index in [0.29, 0.717) is 11.6 Å². The lowest BCUT2D eigenvalue weighted by atomic mass is 10.0. The summed E-state index contributed by atoms with van der Waals surface area (Å²) < 4.78 is 44.4. The SMILES string of the molecule is C[C@](O)(COc1ccc(C#N)cc1)C(=O)N(O)c1ccc(C#N)c(C(F)(F)F)c1. The largest absolute Gasteiger partial charge is 0.490 e. The van der Waals surface area contributed by atoms with Crippen molar-refractivity contribution >= 4 is 11.6 Å². The van der Waals surface area contributed by atoms with Gasteiger partial charge in [-0.05, 0) is 49.4 Å². The van der Waals surface area contributed by atoms with Crippen LogP contribution < -0.4 is 9.80 Å². The lowest BCUT2D eigenvalue weighted by molar-refractivity contribution is -0.144. The molecule has 150 valence electrons. The summed E-state index contributed by atoms with van der Waals surface area (Å²) in [7, 11) is 0. The Bertz CT molecular complexity index is 990. The van der Waals surface area contributed by atoms with Gasteiger partial charge in [0.25, 0.3) is 5.91 Å². The van der Waals surface area contributed by atoms with E-state index in [4.69, 9.17) is 15.3 Å². The van der Waals surface area contributed by atoms with Crippen molar-refractivity contribution < 1.29 is 33.0 Å². The molecule has 0 spiro atoms. The summed E-state index contributed by atoms with van der Waals surface area (Å²) in [6.07, 6.45) is -4.88. The van der Waals surface area contributed by atoms with Gasteiger partial charge in [-0.3, -0.25) is 10.0 Å². The van der Waals surface area contributed by atoms with Gasteiger partial charge in [0.15, 0.2) is 5.60 Å². The average molecular weight is 405 g/mol. The number of aliphatic hydroxyl groups is 1. The first-order chi connectivity index (χ1) is 13.5. The molecule has 0 fully saturated rings. The van der Waals surface area contributed by atoms with E-state index >= 15 is 0 Å². The maximum Gasteiger partial charge on any atom is 0.417 e. The van der Waals surface area contributed by atoms with Gasteiger partial charge in [0.1, 0.15) is 12.4 Å². The predicted molar refractivity (Wildman–Crippen MR) is 92.7 cm³/mol. The number of hydrogen-bond acceptors (Lipinski definition) is 6. The number of rotatable bonds is 5. The number of amides is 1. The van der Waals surface area contributed by atoms with Crippen LogP contribution in [0.2, 0.25) is 0 Å². The van der Waals surface area contributed by atoms with Gasteiger partial charge in [0, 0.05) is 0 Å². The first kappa shape index (κ1) is 21.7. The van der Waals surface area contributed by atoms with Crippen LogP contribution >= 0.6 is 0 Å². The Labute approximate surface area is 163 Å². The fraction of sp³-hybridized carbons (Fsp3) is 0.211. The summed E-state index contributed by atoms with van der Waals surface area (Å²) >= 11 is 0. The number of carbonyl (C=O) groups is 1. The summed E-state index contributed by atoms with van der Waals surface area (Å²) in [5, 5.41) is 37.7. The average Bonchev–Trinajstić information content (AvgIpc) is 2.70. The van der Waals surface area contributed by atoms with E-state index in [1.54, 1.807) is 0 Å². The molecule has 0 aliphatic carbocycles. The molecule has 0 aliphatic heterocycles. The van der Waals surface area contributed by atoms with E-state index in [1.807, 2.05) is 6.07 Å². The Morgan fingerprint density at radius 3 is 2.28 bits per heavy atom. The third kappa shape index (κ3) is 5.02. The molecule has 0 bridgehead atoms. The molecule has 0 aliphatic rings. The van der Waals surface area contributed by atoms with Crippen molar-refractivity contribution in [3.05, 3.63) is 59.2 Å². The number of carbonyl (C=O) groups excluding carboxylic acids is 1. The van der Waals surface area contributed by atoms with Crippen LogP contribution in [0.25, 0.3) is 0 Å². The van der Waals surface area contributed by atoms with Crippen LogP contribution in [0.1, 0.15) is 23.6 Å². The smallest absolute Gasteiger partial charge is 0.417 e. The van der Waals surface area contributed by atoms with Crippen LogP contribution in [0.4, 0.5) is 18.9 Å². The number of hydrogen-bond donors (Lipinski definition) is 2. The Morgan fingerprint density at radius 2 is 1.76 bits per heavy atom. The lowest BCUT2D eigenvalue weighted by Gasteiger charge is -2.27. The molecule has 2 rings (SSSR count). The van der Waals surface area contributed by atoms with E-state index in [-0.39, 0.29) is 10.8 Å². The van der Waals surface area contributed by atoms with Gasteiger partial charge in [-0.2, -0.15) is 28.8 Å². The molecular formula is C19H14F3N3O4. The van der Waals surface area contributed by atoms with Crippen molar-refractivity contribution in [2.75, 3.05) is 11.7 Å². The number of alkyl halides is 3. The second-order valence-electron chi connectivity index (χ2n) is 6.16. The number of benzene rings is 2. The van der Waals surface area contributed by atoms with E-state index in [9.17, 15) is 28.3 Å². The number of anilines is 1. The van der Waals surface area contributed by atoms with Crippen molar-refractivity contribution in [1.82, 2.24) is 0 Å². The van der Waals surface area contributed by atoms with Crippen LogP contribution in [-0.2, 0) is 11.0 Å². The number of nitrogens with zero attached hydrogens (tertiary/aromatic N) is 3. The summed E-state index contributed by atoms with van der Waals surface area (Å²) in [6, 6.07) is 11.2. The fourth-order valence-electron chi connectivity index (χ4n) is 2.25. The van der Waals surface area contributed by atoms with E-state index in [2.05, 4.69) is 0 Å². The van der Waals surface area contributed by atoms with E-state index in [1.165, 1.54) is 30.3 Å². The molecule has 1 amide bonds. The number of ether oxygens (including phenoxy) is 1. The second kappa shape index (κ2) is 8.19. The maximum atomic E-state index is 13.1. The summed E-state index contributed by atoms with van der Waals surface area (Å²) in [4.78, 5) is 12.4. The molecule has 0 saturated heterocycles. The van der Waals surface area contributed by atoms with Gasteiger partial charge in [-0.25, -0.2) is 0 Å². The highest BCUT2D eigenvalue weighted by atomic mass is 19.4. The third-order valence-electron chi connectivity index (χ3n) is 3.83. The zero-order valence-corrected chi connectivity index (χ0v) is 14.9. The minimum atomic E-state index is -4.88. The van der Waals surface area contributed by atoms with Crippen molar-refractivity contribution in [3.63, 3.8) is 0 Å². The van der Waals surface area contributed by atoms with Crippen molar-refractivity contribution in [3.8, 4) is 17.9 Å². The van der Waals surface area contributed by atoms with Crippen LogP contribution in [0.5, 0.6) is 5.75 Å². The highest BCUT2D eigenvalue weighted by Crippen LogP contribution is 2.34. The summed E-state index contributed by atoms with van der Waals surface area (Å²) in [6.45, 7) is 0.383. The van der Waals surface area contributed by atoms with Crippen molar-refractivity contribution in [2.45, 2.75) is 18.7 Å². The van der Waals surface area contributed by atoms with Gasteiger partial charge in [-0.1, -0.05) is 0 Å². The number of hydroxylamine groups is 1. The lowest BCUT2D eigenvalue weighted by Crippen LogP contribution is -2.49. The molecule has 10 heteroatoms. The molecule has 0 saturated carbocycles. The van der Waals surface area contributed by atoms with Gasteiger partial charge in [0.2, 0.25) is 0 Å². The minimum Gasteiger partial charge on any atom is -0.490 e. The molecule has 0 aromatic heterocycles. The predicted octanol–water partition coefficient (Wildman–Crippen LogP) is 3.00. The molecule has 0 radical (unpaired) electrons. The Morgan fingerprint density at radius 1 is 1.14 bits per heavy atom. The Kier molecular flexibility index (Phi) is 6.12. The summed E-state index contributed by atoms with van der Waals surface area (Å²) in [5.74, 6) is -1.12. The third-order valence-corrected chi connectivity index (χ3v) is 3.83. The van der Waals surface area contributed by atoms with Gasteiger partial charge in [-0.15, -0.1) is 0 Å². The molecule has 7 nitrogen and oxygen atoms in total. The fourth-order valence-corrected chi connectivity index (χ4v) is 2.25. The zero-order valence-electron chi connectivity index (χ0n) is 14.9. The number of halogens is 3. The summed E-state index contributed by atoms with van der Waals surface area (Å²) in [5.41, 5.74) is -4.53. The van der Waals surface area contributed by atoms with Gasteiger partial charge < -0.3 is 9.84 Å². The first-order valence-corrected chi connectivity index (χ1v) is 7.99. The zero-order chi connectivity index (χ0) is 21.8. The standard InChI is InChI=1S/C19H14F3N3O4/c1-18(27,11-29-15-6-2-12(9-23)3-7-15)17(26)25(28)14-5-4-13(10-24)16(8-14)19(20,21)22/h2-8,27-28H,11H2,1H3/t18-/m0/s1. The van der Waals surface area contributed by atoms with Crippen LogP contribution in [0.3, 0.4) is 0 Å². The molecule has 0 unspecified atom stereocenters.